The number of aliphatic hydroxyl groups excluding tert-OH is 1. The van der Waals surface area contributed by atoms with Crippen LogP contribution in [-0.2, 0) is 19.4 Å². The van der Waals surface area contributed by atoms with E-state index >= 15 is 0 Å². The van der Waals surface area contributed by atoms with Crippen molar-refractivity contribution in [3.05, 3.63) is 94.5 Å². The van der Waals surface area contributed by atoms with Gasteiger partial charge in [0, 0.05) is 43.0 Å². The molecule has 33 heavy (non-hydrogen) atoms. The van der Waals surface area contributed by atoms with Crippen LogP contribution in [0, 0.1) is 0 Å². The van der Waals surface area contributed by atoms with E-state index < -0.39 is 0 Å². The number of benzene rings is 2. The molecule has 0 saturated carbocycles. The molecular weight excluding hydrogens is 436 g/mol. The third kappa shape index (κ3) is 5.36. The van der Waals surface area contributed by atoms with E-state index in [-0.39, 0.29) is 24.1 Å². The van der Waals surface area contributed by atoms with Crippen LogP contribution in [0.25, 0.3) is 16.6 Å². The molecule has 6 nitrogen and oxygen atoms in total. The maximum Gasteiger partial charge on any atom is 0.255 e. The molecule has 0 bridgehead atoms. The van der Waals surface area contributed by atoms with Crippen molar-refractivity contribution in [3.63, 3.8) is 0 Å². The van der Waals surface area contributed by atoms with Crippen molar-refractivity contribution in [2.45, 2.75) is 31.9 Å². The zero-order valence-corrected chi connectivity index (χ0v) is 19.3. The zero-order chi connectivity index (χ0) is 21.9. The van der Waals surface area contributed by atoms with Crippen molar-refractivity contribution < 1.29 is 5.11 Å². The van der Waals surface area contributed by atoms with Crippen LogP contribution < -0.4 is 5.56 Å². The van der Waals surface area contributed by atoms with Crippen LogP contribution in [0.1, 0.15) is 17.5 Å². The van der Waals surface area contributed by atoms with Crippen LogP contribution in [0.5, 0.6) is 0 Å². The second-order valence-electron chi connectivity index (χ2n) is 8.58. The molecule has 1 aliphatic heterocycles. The zero-order valence-electron chi connectivity index (χ0n) is 18.5. The largest absolute Gasteiger partial charge is 0.392 e. The predicted molar refractivity (Wildman–Crippen MR) is 133 cm³/mol. The van der Waals surface area contributed by atoms with Crippen molar-refractivity contribution in [2.24, 2.45) is 0 Å². The molecule has 0 aliphatic carbocycles. The Labute approximate surface area is 199 Å². The summed E-state index contributed by atoms with van der Waals surface area (Å²) in [5, 5.41) is 15.3. The summed E-state index contributed by atoms with van der Waals surface area (Å²) < 4.78 is 3.69. The standard InChI is InChI=1S/C26H28N4O2.ClH/c31-24-11-12-28(19-24)14-15-30-25-9-8-23(17-22(25)18-27-30)29-13-10-21(16-26(29)32)7-6-20-4-2-1-3-5-20;/h1-5,8-10,13,16-18,24,31H,6-7,11-12,14-15,19H2;1H/t24-;/m0./s1. The lowest BCUT2D eigenvalue weighted by Gasteiger charge is -2.15. The first-order chi connectivity index (χ1) is 15.7. The molecule has 1 fully saturated rings. The Kier molecular flexibility index (Phi) is 7.28. The maximum absolute atomic E-state index is 12.8. The Balaban J connectivity index is 0.00000259. The summed E-state index contributed by atoms with van der Waals surface area (Å²) in [7, 11) is 0. The highest BCUT2D eigenvalue weighted by Crippen LogP contribution is 2.19. The molecule has 0 spiro atoms. The number of fused-ring (bicyclic) bond motifs is 1. The molecule has 1 N–H and O–H groups in total. The highest BCUT2D eigenvalue weighted by atomic mass is 35.5. The summed E-state index contributed by atoms with van der Waals surface area (Å²) in [5.74, 6) is 0. The fourth-order valence-electron chi connectivity index (χ4n) is 4.48. The van der Waals surface area contributed by atoms with E-state index in [2.05, 4.69) is 22.1 Å². The van der Waals surface area contributed by atoms with Gasteiger partial charge in [-0.05, 0) is 54.7 Å². The first kappa shape index (κ1) is 23.2. The molecule has 1 aliphatic rings. The highest BCUT2D eigenvalue weighted by molar-refractivity contribution is 5.85. The molecule has 2 aromatic heterocycles. The van der Waals surface area contributed by atoms with Gasteiger partial charge in [-0.15, -0.1) is 12.4 Å². The number of rotatable bonds is 7. The van der Waals surface area contributed by atoms with E-state index in [0.29, 0.717) is 0 Å². The number of hydrogen-bond donors (Lipinski definition) is 1. The Morgan fingerprint density at radius 2 is 1.79 bits per heavy atom. The van der Waals surface area contributed by atoms with Crippen molar-refractivity contribution in [1.82, 2.24) is 19.2 Å². The van der Waals surface area contributed by atoms with E-state index in [1.54, 1.807) is 10.6 Å². The third-order valence-electron chi connectivity index (χ3n) is 6.31. The van der Waals surface area contributed by atoms with Gasteiger partial charge in [-0.3, -0.25) is 18.9 Å². The minimum Gasteiger partial charge on any atom is -0.392 e. The van der Waals surface area contributed by atoms with Gasteiger partial charge in [-0.2, -0.15) is 5.10 Å². The van der Waals surface area contributed by atoms with Crippen LogP contribution >= 0.6 is 12.4 Å². The lowest BCUT2D eigenvalue weighted by atomic mass is 10.1. The number of β-amino-alcohol motifs (C(OH)–C–C–N with tert-alkyl or cyclic N) is 1. The molecular formula is C26H29ClN4O2. The quantitative estimate of drug-likeness (QED) is 0.455. The first-order valence-corrected chi connectivity index (χ1v) is 11.3. The summed E-state index contributed by atoms with van der Waals surface area (Å²) in [6.45, 7) is 3.34. The monoisotopic (exact) mass is 464 g/mol. The van der Waals surface area contributed by atoms with Gasteiger partial charge >= 0.3 is 0 Å². The third-order valence-corrected chi connectivity index (χ3v) is 6.31. The Bertz CT molecular complexity index is 1270. The summed E-state index contributed by atoms with van der Waals surface area (Å²) in [5.41, 5.74) is 4.21. The van der Waals surface area contributed by atoms with Crippen LogP contribution in [-0.4, -0.2) is 50.1 Å². The van der Waals surface area contributed by atoms with Crippen LogP contribution in [0.3, 0.4) is 0 Å². The normalized spacial score (nSPS) is 16.2. The Hall–Kier alpha value is -2.93. The molecule has 0 radical (unpaired) electrons. The summed E-state index contributed by atoms with van der Waals surface area (Å²) in [6, 6.07) is 20.1. The minimum atomic E-state index is -0.199. The SMILES string of the molecule is Cl.O=c1cc(CCc2ccccc2)ccn1-c1ccc2c(cnn2CCN2CC[C@H](O)C2)c1. The Morgan fingerprint density at radius 1 is 0.970 bits per heavy atom. The lowest BCUT2D eigenvalue weighted by Crippen LogP contribution is -2.26. The molecule has 3 heterocycles. The van der Waals surface area contributed by atoms with Crippen molar-refractivity contribution >= 4 is 23.3 Å². The van der Waals surface area contributed by atoms with Crippen molar-refractivity contribution in [3.8, 4) is 5.69 Å². The fourth-order valence-corrected chi connectivity index (χ4v) is 4.48. The molecule has 1 saturated heterocycles. The van der Waals surface area contributed by atoms with Gasteiger partial charge in [0.25, 0.3) is 5.56 Å². The number of aromatic nitrogens is 3. The number of pyridine rings is 1. The van der Waals surface area contributed by atoms with Crippen LogP contribution in [0.4, 0.5) is 0 Å². The molecule has 4 aromatic rings. The van der Waals surface area contributed by atoms with E-state index in [9.17, 15) is 9.90 Å². The molecule has 7 heteroatoms. The molecule has 5 rings (SSSR count). The highest BCUT2D eigenvalue weighted by Gasteiger charge is 2.19. The average molecular weight is 465 g/mol. The first-order valence-electron chi connectivity index (χ1n) is 11.3. The van der Waals surface area contributed by atoms with E-state index in [1.165, 1.54) is 5.56 Å². The van der Waals surface area contributed by atoms with Gasteiger partial charge in [0.05, 0.1) is 24.4 Å². The van der Waals surface area contributed by atoms with Crippen LogP contribution in [0.15, 0.2) is 77.9 Å². The Morgan fingerprint density at radius 3 is 2.55 bits per heavy atom. The molecule has 0 unspecified atom stereocenters. The van der Waals surface area contributed by atoms with E-state index in [4.69, 9.17) is 0 Å². The smallest absolute Gasteiger partial charge is 0.255 e. The average Bonchev–Trinajstić information content (AvgIpc) is 3.42. The number of halogens is 1. The molecule has 2 aromatic carbocycles. The lowest BCUT2D eigenvalue weighted by molar-refractivity contribution is 0.175. The second kappa shape index (κ2) is 10.3. The van der Waals surface area contributed by atoms with Crippen LogP contribution in [0.2, 0.25) is 0 Å². The topological polar surface area (TPSA) is 63.3 Å². The number of hydrogen-bond acceptors (Lipinski definition) is 4. The fraction of sp³-hybridized carbons (Fsp3) is 0.308. The maximum atomic E-state index is 12.8. The molecule has 172 valence electrons. The van der Waals surface area contributed by atoms with E-state index in [0.717, 1.165) is 67.6 Å². The van der Waals surface area contributed by atoms with Gasteiger partial charge < -0.3 is 5.11 Å². The van der Waals surface area contributed by atoms with E-state index in [1.807, 2.05) is 59.5 Å². The van der Waals surface area contributed by atoms with Gasteiger partial charge in [0.15, 0.2) is 0 Å². The molecule has 1 atom stereocenters. The number of likely N-dealkylation sites (tertiary alicyclic amines) is 1. The number of nitrogens with zero attached hydrogens (tertiary/aromatic N) is 4. The van der Waals surface area contributed by atoms with Gasteiger partial charge in [-0.25, -0.2) is 0 Å². The minimum absolute atomic E-state index is 0. The van der Waals surface area contributed by atoms with Gasteiger partial charge in [-0.1, -0.05) is 30.3 Å². The number of aliphatic hydroxyl groups is 1. The molecule has 0 amide bonds. The predicted octanol–water partition coefficient (Wildman–Crippen LogP) is 3.46. The van der Waals surface area contributed by atoms with Crippen molar-refractivity contribution in [2.75, 3.05) is 19.6 Å². The summed E-state index contributed by atoms with van der Waals surface area (Å²) in [6.07, 6.45) is 6.15. The van der Waals surface area contributed by atoms with Gasteiger partial charge in [0.1, 0.15) is 0 Å². The van der Waals surface area contributed by atoms with Gasteiger partial charge in [0.2, 0.25) is 0 Å². The summed E-state index contributed by atoms with van der Waals surface area (Å²) in [4.78, 5) is 15.1. The number of aryl methyl sites for hydroxylation is 2. The van der Waals surface area contributed by atoms with Crippen molar-refractivity contribution in [1.29, 1.82) is 0 Å². The summed E-state index contributed by atoms with van der Waals surface area (Å²) >= 11 is 0. The second-order valence-corrected chi connectivity index (χ2v) is 8.58.